The van der Waals surface area contributed by atoms with Gasteiger partial charge in [-0.05, 0) is 63.7 Å². The molecule has 0 aromatic carbocycles. The molecule has 0 aromatic rings. The van der Waals surface area contributed by atoms with Gasteiger partial charge in [0.05, 0.1) is 12.1 Å². The van der Waals surface area contributed by atoms with Gasteiger partial charge in [-0.3, -0.25) is 24.1 Å². The number of fused-ring (bicyclic) bond motifs is 1. The number of carbonyl (C=O) groups excluding carboxylic acids is 5. The molecule has 39 heavy (non-hydrogen) atoms. The predicted molar refractivity (Wildman–Crippen MR) is 150 cm³/mol. The molecule has 0 unspecified atom stereocenters. The number of carbonyl (C=O) groups is 5. The monoisotopic (exact) mass is 561 g/mol. The van der Waals surface area contributed by atoms with Crippen LogP contribution in [0.3, 0.4) is 0 Å². The van der Waals surface area contributed by atoms with Crippen LogP contribution in [-0.2, 0) is 19.2 Å². The number of amides is 6. The molecule has 0 aromatic heterocycles. The van der Waals surface area contributed by atoms with E-state index in [-0.39, 0.29) is 59.6 Å². The molecule has 10 nitrogen and oxygen atoms in total. The van der Waals surface area contributed by atoms with Crippen molar-refractivity contribution in [3.05, 3.63) is 12.2 Å². The van der Waals surface area contributed by atoms with Gasteiger partial charge in [-0.2, -0.15) is 11.8 Å². The summed E-state index contributed by atoms with van der Waals surface area (Å²) in [6, 6.07) is 0.491. The first kappa shape index (κ1) is 29.4. The Balaban J connectivity index is 1.03. The SMILES string of the molecule is CC[C@@H](CCCNC(=O)CCCC[C@@H]1SC[C@H]2NC(=O)N[C@@H]12)NC(=O)C1CCC(CN2C(=O)C=CC2=O)CC1. The van der Waals surface area contributed by atoms with E-state index in [1.165, 1.54) is 17.1 Å². The summed E-state index contributed by atoms with van der Waals surface area (Å²) in [6.45, 7) is 3.12. The second-order valence-electron chi connectivity index (χ2n) is 11.3. The molecular formula is C28H43N5O5S. The van der Waals surface area contributed by atoms with E-state index < -0.39 is 0 Å². The van der Waals surface area contributed by atoms with Crippen molar-refractivity contribution in [2.45, 2.75) is 101 Å². The standard InChI is InChI=1S/C28H43N5O5S/c1-2-20(30-27(37)19-11-9-18(10-12-19)16-33-24(35)13-14-25(33)36)6-5-15-29-23(34)8-4-3-7-22-26-21(17-39-22)31-28(38)32-26/h13-14,18-22,26H,2-12,15-17H2,1H3,(H,29,34)(H,30,37)(H2,31,32,38)/t18?,19?,20-,21+,22-,26+/m0/s1. The average molecular weight is 562 g/mol. The Hall–Kier alpha value is -2.56. The fourth-order valence-electron chi connectivity index (χ4n) is 6.11. The predicted octanol–water partition coefficient (Wildman–Crippen LogP) is 2.23. The molecular weight excluding hydrogens is 518 g/mol. The Kier molecular flexibility index (Phi) is 10.7. The van der Waals surface area contributed by atoms with Crippen LogP contribution in [-0.4, -0.2) is 76.8 Å². The number of unbranched alkanes of at least 4 members (excludes halogenated alkanes) is 1. The maximum absolute atomic E-state index is 12.8. The fourth-order valence-corrected chi connectivity index (χ4v) is 7.66. The molecule has 3 aliphatic heterocycles. The van der Waals surface area contributed by atoms with Gasteiger partial charge < -0.3 is 21.3 Å². The number of thioether (sulfide) groups is 1. The Labute approximate surface area is 235 Å². The van der Waals surface area contributed by atoms with Gasteiger partial charge in [0.1, 0.15) is 0 Å². The molecule has 11 heteroatoms. The van der Waals surface area contributed by atoms with Crippen molar-refractivity contribution in [3.8, 4) is 0 Å². The largest absolute Gasteiger partial charge is 0.356 e. The van der Waals surface area contributed by atoms with Crippen LogP contribution >= 0.6 is 11.8 Å². The zero-order valence-electron chi connectivity index (χ0n) is 22.9. The van der Waals surface area contributed by atoms with Gasteiger partial charge in [0.2, 0.25) is 11.8 Å². The number of hydrogen-bond donors (Lipinski definition) is 4. The van der Waals surface area contributed by atoms with Crippen LogP contribution in [0.5, 0.6) is 0 Å². The molecule has 0 spiro atoms. The molecule has 1 aliphatic carbocycles. The molecule has 4 rings (SSSR count). The lowest BCUT2D eigenvalue weighted by molar-refractivity contribution is -0.138. The summed E-state index contributed by atoms with van der Waals surface area (Å²) < 4.78 is 0. The minimum atomic E-state index is -0.238. The van der Waals surface area contributed by atoms with E-state index in [0.29, 0.717) is 24.8 Å². The number of rotatable bonds is 14. The molecule has 216 valence electrons. The van der Waals surface area contributed by atoms with E-state index in [2.05, 4.69) is 28.2 Å². The highest BCUT2D eigenvalue weighted by Gasteiger charge is 2.42. The van der Waals surface area contributed by atoms with Crippen molar-refractivity contribution in [2.75, 3.05) is 18.8 Å². The lowest BCUT2D eigenvalue weighted by Crippen LogP contribution is -2.41. The number of hydrogen-bond acceptors (Lipinski definition) is 6. The summed E-state index contributed by atoms with van der Waals surface area (Å²) in [7, 11) is 0. The van der Waals surface area contributed by atoms with Gasteiger partial charge in [0.15, 0.2) is 0 Å². The van der Waals surface area contributed by atoms with E-state index in [1.54, 1.807) is 0 Å². The Morgan fingerprint density at radius 2 is 1.79 bits per heavy atom. The van der Waals surface area contributed by atoms with Crippen LogP contribution in [0.1, 0.15) is 77.6 Å². The lowest BCUT2D eigenvalue weighted by Gasteiger charge is -2.31. The number of imide groups is 1. The minimum Gasteiger partial charge on any atom is -0.356 e. The van der Waals surface area contributed by atoms with Crippen LogP contribution < -0.4 is 21.3 Å². The summed E-state index contributed by atoms with van der Waals surface area (Å²) in [5.74, 6) is 0.887. The third-order valence-electron chi connectivity index (χ3n) is 8.53. The van der Waals surface area contributed by atoms with E-state index in [0.717, 1.165) is 70.0 Å². The van der Waals surface area contributed by atoms with Crippen LogP contribution in [0.2, 0.25) is 0 Å². The average Bonchev–Trinajstić information content (AvgIpc) is 3.58. The van der Waals surface area contributed by atoms with Crippen LogP contribution in [0.15, 0.2) is 12.2 Å². The second kappa shape index (κ2) is 14.2. The maximum atomic E-state index is 12.8. The van der Waals surface area contributed by atoms with E-state index >= 15 is 0 Å². The molecule has 2 saturated heterocycles. The first-order chi connectivity index (χ1) is 18.8. The van der Waals surface area contributed by atoms with Crippen molar-refractivity contribution in [1.29, 1.82) is 0 Å². The van der Waals surface area contributed by atoms with Crippen molar-refractivity contribution < 1.29 is 24.0 Å². The molecule has 3 fully saturated rings. The highest BCUT2D eigenvalue weighted by atomic mass is 32.2. The molecule has 4 atom stereocenters. The molecule has 0 bridgehead atoms. The third-order valence-corrected chi connectivity index (χ3v) is 10.0. The number of urea groups is 1. The molecule has 0 radical (unpaired) electrons. The normalized spacial score (nSPS) is 28.7. The summed E-state index contributed by atoms with van der Waals surface area (Å²) in [5.41, 5.74) is 0. The van der Waals surface area contributed by atoms with E-state index in [9.17, 15) is 24.0 Å². The van der Waals surface area contributed by atoms with Crippen molar-refractivity contribution >= 4 is 41.4 Å². The molecule has 4 aliphatic rings. The van der Waals surface area contributed by atoms with Crippen LogP contribution in [0.4, 0.5) is 4.79 Å². The summed E-state index contributed by atoms with van der Waals surface area (Å²) >= 11 is 1.90. The summed E-state index contributed by atoms with van der Waals surface area (Å²) in [6.07, 6.45) is 11.7. The zero-order chi connectivity index (χ0) is 27.8. The smallest absolute Gasteiger partial charge is 0.315 e. The highest BCUT2D eigenvalue weighted by Crippen LogP contribution is 2.33. The first-order valence-corrected chi connectivity index (χ1v) is 15.7. The number of nitrogens with zero attached hydrogens (tertiary/aromatic N) is 1. The molecule has 4 N–H and O–H groups in total. The minimum absolute atomic E-state index is 0.0205. The Morgan fingerprint density at radius 1 is 1.05 bits per heavy atom. The highest BCUT2D eigenvalue weighted by molar-refractivity contribution is 8.00. The van der Waals surface area contributed by atoms with Crippen molar-refractivity contribution in [3.63, 3.8) is 0 Å². The zero-order valence-corrected chi connectivity index (χ0v) is 23.7. The molecule has 3 heterocycles. The summed E-state index contributed by atoms with van der Waals surface area (Å²) in [4.78, 5) is 61.5. The van der Waals surface area contributed by atoms with Gasteiger partial charge in [0.25, 0.3) is 11.8 Å². The van der Waals surface area contributed by atoms with Gasteiger partial charge in [-0.25, -0.2) is 4.79 Å². The quantitative estimate of drug-likeness (QED) is 0.146. The maximum Gasteiger partial charge on any atom is 0.315 e. The van der Waals surface area contributed by atoms with Crippen LogP contribution in [0.25, 0.3) is 0 Å². The van der Waals surface area contributed by atoms with E-state index in [1.807, 2.05) is 11.8 Å². The van der Waals surface area contributed by atoms with Crippen molar-refractivity contribution in [2.24, 2.45) is 11.8 Å². The second-order valence-corrected chi connectivity index (χ2v) is 12.6. The Morgan fingerprint density at radius 3 is 2.51 bits per heavy atom. The van der Waals surface area contributed by atoms with Crippen molar-refractivity contribution in [1.82, 2.24) is 26.2 Å². The number of nitrogens with one attached hydrogen (secondary N) is 4. The summed E-state index contributed by atoms with van der Waals surface area (Å²) in [5, 5.41) is 12.6. The van der Waals surface area contributed by atoms with Crippen LogP contribution in [0, 0.1) is 11.8 Å². The third kappa shape index (κ3) is 8.22. The van der Waals surface area contributed by atoms with Gasteiger partial charge in [-0.1, -0.05) is 13.3 Å². The van der Waals surface area contributed by atoms with Gasteiger partial charge >= 0.3 is 6.03 Å². The van der Waals surface area contributed by atoms with Gasteiger partial charge in [0, 0.05) is 54.6 Å². The topological polar surface area (TPSA) is 137 Å². The molecule has 6 amide bonds. The Bertz CT molecular complexity index is 933. The molecule has 1 saturated carbocycles. The fraction of sp³-hybridized carbons (Fsp3) is 0.750. The van der Waals surface area contributed by atoms with E-state index in [4.69, 9.17) is 0 Å². The van der Waals surface area contributed by atoms with Gasteiger partial charge in [-0.15, -0.1) is 0 Å². The first-order valence-electron chi connectivity index (χ1n) is 14.6. The lowest BCUT2D eigenvalue weighted by atomic mass is 9.81.